The third kappa shape index (κ3) is 3.49. The first-order valence-corrected chi connectivity index (χ1v) is 9.34. The number of anilines is 1. The van der Waals surface area contributed by atoms with E-state index in [0.29, 0.717) is 5.92 Å². The predicted molar refractivity (Wildman–Crippen MR) is 110 cm³/mol. The van der Waals surface area contributed by atoms with Crippen LogP contribution in [0.2, 0.25) is 0 Å². The predicted octanol–water partition coefficient (Wildman–Crippen LogP) is 6.17. The molecule has 1 aliphatic heterocycles. The van der Waals surface area contributed by atoms with Gasteiger partial charge in [0.1, 0.15) is 0 Å². The zero-order valence-corrected chi connectivity index (χ0v) is 16.4. The summed E-state index contributed by atoms with van der Waals surface area (Å²) in [6.45, 7) is 14.7. The van der Waals surface area contributed by atoms with Gasteiger partial charge in [0, 0.05) is 24.0 Å². The average Bonchev–Trinajstić information content (AvgIpc) is 2.54. The fourth-order valence-electron chi connectivity index (χ4n) is 4.16. The molecule has 0 spiro atoms. The van der Waals surface area contributed by atoms with E-state index in [1.54, 1.807) is 0 Å². The molecule has 0 aromatic heterocycles. The SMILES string of the molecule is CCN1c2cc(C)c(C=Nc3ccc(C)cc3)cc2[C@@H](C)CC1(C)C. The van der Waals surface area contributed by atoms with Crippen LogP contribution in [0.1, 0.15) is 62.3 Å². The highest BCUT2D eigenvalue weighted by atomic mass is 15.2. The molecular formula is C23H30N2. The van der Waals surface area contributed by atoms with E-state index in [2.05, 4.69) is 87.8 Å². The van der Waals surface area contributed by atoms with Crippen LogP contribution in [0.3, 0.4) is 0 Å². The summed E-state index contributed by atoms with van der Waals surface area (Å²) >= 11 is 0. The van der Waals surface area contributed by atoms with E-state index in [1.165, 1.54) is 34.4 Å². The largest absolute Gasteiger partial charge is 0.366 e. The Labute approximate surface area is 152 Å². The summed E-state index contributed by atoms with van der Waals surface area (Å²) in [5.74, 6) is 0.569. The number of hydrogen-bond donors (Lipinski definition) is 0. The van der Waals surface area contributed by atoms with Gasteiger partial charge in [0.15, 0.2) is 0 Å². The van der Waals surface area contributed by atoms with Crippen molar-refractivity contribution in [2.75, 3.05) is 11.4 Å². The maximum Gasteiger partial charge on any atom is 0.0630 e. The Morgan fingerprint density at radius 1 is 1.16 bits per heavy atom. The maximum atomic E-state index is 4.68. The fourth-order valence-corrected chi connectivity index (χ4v) is 4.16. The van der Waals surface area contributed by atoms with Crippen LogP contribution in [0, 0.1) is 13.8 Å². The van der Waals surface area contributed by atoms with E-state index in [-0.39, 0.29) is 5.54 Å². The number of fused-ring (bicyclic) bond motifs is 1. The van der Waals surface area contributed by atoms with Crippen molar-refractivity contribution in [3.05, 3.63) is 58.7 Å². The van der Waals surface area contributed by atoms with Crippen LogP contribution >= 0.6 is 0 Å². The third-order valence-corrected chi connectivity index (χ3v) is 5.48. The van der Waals surface area contributed by atoms with Gasteiger partial charge in [-0.1, -0.05) is 24.6 Å². The van der Waals surface area contributed by atoms with Gasteiger partial charge in [0.05, 0.1) is 5.69 Å². The first kappa shape index (κ1) is 17.7. The molecule has 0 radical (unpaired) electrons. The molecule has 25 heavy (non-hydrogen) atoms. The smallest absolute Gasteiger partial charge is 0.0630 e. The molecule has 132 valence electrons. The summed E-state index contributed by atoms with van der Waals surface area (Å²) in [5, 5.41) is 0. The van der Waals surface area contributed by atoms with E-state index >= 15 is 0 Å². The molecule has 2 aromatic carbocycles. The minimum Gasteiger partial charge on any atom is -0.366 e. The topological polar surface area (TPSA) is 15.6 Å². The molecule has 0 amide bonds. The van der Waals surface area contributed by atoms with E-state index in [4.69, 9.17) is 0 Å². The number of aliphatic imine (C=N–C) groups is 1. The van der Waals surface area contributed by atoms with Crippen molar-refractivity contribution < 1.29 is 0 Å². The van der Waals surface area contributed by atoms with Gasteiger partial charge in [0.2, 0.25) is 0 Å². The normalized spacial score (nSPS) is 19.3. The van der Waals surface area contributed by atoms with Gasteiger partial charge in [-0.25, -0.2) is 0 Å². The second-order valence-corrected chi connectivity index (χ2v) is 8.02. The number of aryl methyl sites for hydroxylation is 2. The molecule has 0 bridgehead atoms. The van der Waals surface area contributed by atoms with Gasteiger partial charge in [-0.05, 0) is 87.9 Å². The van der Waals surface area contributed by atoms with Crippen molar-refractivity contribution in [1.82, 2.24) is 0 Å². The molecule has 0 N–H and O–H groups in total. The minimum atomic E-state index is 0.213. The lowest BCUT2D eigenvalue weighted by Crippen LogP contribution is -2.48. The molecule has 2 aromatic rings. The molecule has 1 atom stereocenters. The first-order chi connectivity index (χ1) is 11.8. The summed E-state index contributed by atoms with van der Waals surface area (Å²) in [4.78, 5) is 7.23. The van der Waals surface area contributed by atoms with E-state index in [0.717, 1.165) is 12.2 Å². The second-order valence-electron chi connectivity index (χ2n) is 8.02. The summed E-state index contributed by atoms with van der Waals surface area (Å²) < 4.78 is 0. The maximum absolute atomic E-state index is 4.68. The third-order valence-electron chi connectivity index (χ3n) is 5.48. The average molecular weight is 335 g/mol. The molecule has 0 saturated carbocycles. The Kier molecular flexibility index (Phi) is 4.73. The number of benzene rings is 2. The quantitative estimate of drug-likeness (QED) is 0.613. The Bertz CT molecular complexity index is 784. The van der Waals surface area contributed by atoms with Crippen molar-refractivity contribution in [2.24, 2.45) is 4.99 Å². The molecule has 3 rings (SSSR count). The Balaban J connectivity index is 1.99. The lowest BCUT2D eigenvalue weighted by Gasteiger charge is -2.47. The highest BCUT2D eigenvalue weighted by Gasteiger charge is 2.35. The van der Waals surface area contributed by atoms with Crippen LogP contribution in [-0.2, 0) is 0 Å². The minimum absolute atomic E-state index is 0.213. The van der Waals surface area contributed by atoms with Crippen molar-refractivity contribution >= 4 is 17.6 Å². The van der Waals surface area contributed by atoms with E-state index in [9.17, 15) is 0 Å². The molecule has 0 aliphatic carbocycles. The Morgan fingerprint density at radius 3 is 2.48 bits per heavy atom. The highest BCUT2D eigenvalue weighted by Crippen LogP contribution is 2.44. The molecule has 0 unspecified atom stereocenters. The molecule has 1 aliphatic rings. The molecule has 0 fully saturated rings. The summed E-state index contributed by atoms with van der Waals surface area (Å²) in [7, 11) is 0. The zero-order valence-electron chi connectivity index (χ0n) is 16.4. The zero-order chi connectivity index (χ0) is 18.2. The summed E-state index contributed by atoms with van der Waals surface area (Å²) in [5.41, 5.74) is 7.85. The van der Waals surface area contributed by atoms with Gasteiger partial charge in [-0.3, -0.25) is 4.99 Å². The number of rotatable bonds is 3. The fraction of sp³-hybridized carbons (Fsp3) is 0.435. The van der Waals surface area contributed by atoms with Crippen LogP contribution in [0.5, 0.6) is 0 Å². The van der Waals surface area contributed by atoms with Crippen LogP contribution in [-0.4, -0.2) is 18.3 Å². The van der Waals surface area contributed by atoms with Crippen LogP contribution < -0.4 is 4.90 Å². The Hall–Kier alpha value is -2.09. The Morgan fingerprint density at radius 2 is 1.84 bits per heavy atom. The lowest BCUT2D eigenvalue weighted by atomic mass is 9.79. The highest BCUT2D eigenvalue weighted by molar-refractivity contribution is 5.86. The monoisotopic (exact) mass is 334 g/mol. The van der Waals surface area contributed by atoms with Crippen molar-refractivity contribution in [1.29, 1.82) is 0 Å². The van der Waals surface area contributed by atoms with Gasteiger partial charge < -0.3 is 4.90 Å². The van der Waals surface area contributed by atoms with E-state index in [1.807, 2.05) is 6.21 Å². The van der Waals surface area contributed by atoms with Gasteiger partial charge in [-0.2, -0.15) is 0 Å². The van der Waals surface area contributed by atoms with Gasteiger partial charge in [0.25, 0.3) is 0 Å². The lowest BCUT2D eigenvalue weighted by molar-refractivity contribution is 0.381. The van der Waals surface area contributed by atoms with Crippen molar-refractivity contribution in [3.63, 3.8) is 0 Å². The number of hydrogen-bond acceptors (Lipinski definition) is 2. The van der Waals surface area contributed by atoms with Crippen LogP contribution in [0.15, 0.2) is 41.4 Å². The second kappa shape index (κ2) is 6.67. The summed E-state index contributed by atoms with van der Waals surface area (Å²) in [6.07, 6.45) is 3.20. The molecule has 1 heterocycles. The van der Waals surface area contributed by atoms with Crippen molar-refractivity contribution in [2.45, 2.75) is 59.4 Å². The van der Waals surface area contributed by atoms with Crippen molar-refractivity contribution in [3.8, 4) is 0 Å². The van der Waals surface area contributed by atoms with Gasteiger partial charge in [-0.15, -0.1) is 0 Å². The van der Waals surface area contributed by atoms with E-state index < -0.39 is 0 Å². The van der Waals surface area contributed by atoms with Crippen LogP contribution in [0.25, 0.3) is 0 Å². The van der Waals surface area contributed by atoms with Crippen LogP contribution in [0.4, 0.5) is 11.4 Å². The number of nitrogens with zero attached hydrogens (tertiary/aromatic N) is 2. The summed E-state index contributed by atoms with van der Waals surface area (Å²) in [6, 6.07) is 13.1. The molecule has 2 heteroatoms. The molecule has 0 saturated heterocycles. The first-order valence-electron chi connectivity index (χ1n) is 9.34. The van der Waals surface area contributed by atoms with Gasteiger partial charge >= 0.3 is 0 Å². The standard InChI is InChI=1S/C23H30N2/c1-7-25-22-12-17(3)19(13-21(22)18(4)14-23(25,5)6)15-24-20-10-8-16(2)9-11-20/h8-13,15,18H,7,14H2,1-6H3/t18-/m0/s1. The molecular weight excluding hydrogens is 304 g/mol. The molecule has 2 nitrogen and oxygen atoms in total.